The molecule has 1 aromatic carbocycles. The molecule has 0 radical (unpaired) electrons. The first-order valence-corrected chi connectivity index (χ1v) is 11.8. The fourth-order valence-corrected chi connectivity index (χ4v) is 4.49. The largest absolute Gasteiger partial charge is 0.460 e. The van der Waals surface area contributed by atoms with E-state index in [0.717, 1.165) is 24.1 Å². The number of pyridine rings is 1. The van der Waals surface area contributed by atoms with Gasteiger partial charge in [0.05, 0.1) is 12.3 Å². The van der Waals surface area contributed by atoms with E-state index in [1.807, 2.05) is 68.1 Å². The number of benzene rings is 1. The Bertz CT molecular complexity index is 944. The summed E-state index contributed by atoms with van der Waals surface area (Å²) in [5, 5.41) is 0.685. The zero-order chi connectivity index (χ0) is 24.1. The van der Waals surface area contributed by atoms with Gasteiger partial charge in [-0.1, -0.05) is 29.8 Å². The summed E-state index contributed by atoms with van der Waals surface area (Å²) in [6.45, 7) is 6.55. The van der Waals surface area contributed by atoms with E-state index in [9.17, 15) is 9.59 Å². The van der Waals surface area contributed by atoms with Gasteiger partial charge in [-0.05, 0) is 69.9 Å². The molecule has 1 saturated heterocycles. The van der Waals surface area contributed by atoms with Gasteiger partial charge < -0.3 is 15.4 Å². The van der Waals surface area contributed by atoms with E-state index in [-0.39, 0.29) is 18.3 Å². The predicted octanol–water partition coefficient (Wildman–Crippen LogP) is 4.19. The number of hydrogen-bond donors (Lipinski definition) is 1. The molecule has 2 atom stereocenters. The van der Waals surface area contributed by atoms with Crippen LogP contribution in [0.1, 0.15) is 51.3 Å². The average molecular weight is 472 g/mol. The van der Waals surface area contributed by atoms with E-state index in [4.69, 9.17) is 22.1 Å². The highest BCUT2D eigenvalue weighted by Gasteiger charge is 2.37. The first kappa shape index (κ1) is 25.2. The summed E-state index contributed by atoms with van der Waals surface area (Å²) >= 11 is 6.01. The van der Waals surface area contributed by atoms with E-state index in [2.05, 4.69) is 4.98 Å². The molecular weight excluding hydrogens is 438 g/mol. The molecule has 3 rings (SSSR count). The number of hydrogen-bond acceptors (Lipinski definition) is 5. The lowest BCUT2D eigenvalue weighted by molar-refractivity contribution is -0.158. The second kappa shape index (κ2) is 10.7. The third-order valence-electron chi connectivity index (χ3n) is 5.75. The zero-order valence-corrected chi connectivity index (χ0v) is 20.5. The van der Waals surface area contributed by atoms with Crippen LogP contribution in [0.3, 0.4) is 0 Å². The molecule has 178 valence electrons. The van der Waals surface area contributed by atoms with Crippen LogP contribution >= 0.6 is 11.6 Å². The maximum Gasteiger partial charge on any atom is 0.307 e. The molecule has 0 aliphatic carbocycles. The first-order chi connectivity index (χ1) is 15.5. The SMILES string of the molecule is CC(C)(C)OC(=O)C[C@@H](Cc1ccccn1)C(=O)N1CCC[C@@](N)(Cc2ccc(Cl)cc2)C1. The number of esters is 1. The van der Waals surface area contributed by atoms with Gasteiger partial charge in [0.15, 0.2) is 0 Å². The maximum atomic E-state index is 13.6. The summed E-state index contributed by atoms with van der Waals surface area (Å²) < 4.78 is 5.51. The van der Waals surface area contributed by atoms with Crippen molar-refractivity contribution < 1.29 is 14.3 Å². The number of carbonyl (C=O) groups is 2. The van der Waals surface area contributed by atoms with Gasteiger partial charge in [0.25, 0.3) is 0 Å². The first-order valence-electron chi connectivity index (χ1n) is 11.5. The molecule has 0 spiro atoms. The number of aromatic nitrogens is 1. The molecule has 1 amide bonds. The lowest BCUT2D eigenvalue weighted by atomic mass is 9.83. The second-order valence-corrected chi connectivity index (χ2v) is 10.5. The van der Waals surface area contributed by atoms with Crippen LogP contribution < -0.4 is 5.73 Å². The van der Waals surface area contributed by atoms with E-state index in [1.54, 1.807) is 6.20 Å². The lowest BCUT2D eigenvalue weighted by Gasteiger charge is -2.41. The number of nitrogens with two attached hydrogens (primary N) is 1. The van der Waals surface area contributed by atoms with Crippen LogP contribution in [0.4, 0.5) is 0 Å². The molecule has 0 bridgehead atoms. The molecule has 2 aromatic rings. The molecule has 33 heavy (non-hydrogen) atoms. The summed E-state index contributed by atoms with van der Waals surface area (Å²) in [6.07, 6.45) is 4.39. The standard InChI is InChI=1S/C26H34ClN3O3/c1-25(2,3)33-23(31)16-20(15-22-7-4-5-13-29-22)24(32)30-14-6-12-26(28,18-30)17-19-8-10-21(27)11-9-19/h4-5,7-11,13,20H,6,12,14-18,28H2,1-3H3/t20-,26-/m1/s1. The number of rotatable bonds is 7. The van der Waals surface area contributed by atoms with Gasteiger partial charge in [0.1, 0.15) is 5.60 Å². The molecule has 7 heteroatoms. The molecule has 2 heterocycles. The molecule has 2 N–H and O–H groups in total. The van der Waals surface area contributed by atoms with Crippen LogP contribution in [0.15, 0.2) is 48.7 Å². The number of ether oxygens (including phenoxy) is 1. The fraction of sp³-hybridized carbons (Fsp3) is 0.500. The van der Waals surface area contributed by atoms with Crippen LogP contribution in [-0.2, 0) is 27.2 Å². The molecular formula is C26H34ClN3O3. The van der Waals surface area contributed by atoms with Gasteiger partial charge in [-0.2, -0.15) is 0 Å². The molecule has 6 nitrogen and oxygen atoms in total. The Morgan fingerprint density at radius 1 is 1.21 bits per heavy atom. The van der Waals surface area contributed by atoms with Gasteiger partial charge in [0.2, 0.25) is 5.91 Å². The Balaban J connectivity index is 1.74. The van der Waals surface area contributed by atoms with Crippen molar-refractivity contribution in [3.63, 3.8) is 0 Å². The van der Waals surface area contributed by atoms with Gasteiger partial charge in [0, 0.05) is 42.0 Å². The number of halogens is 1. The summed E-state index contributed by atoms with van der Waals surface area (Å²) in [4.78, 5) is 32.4. The van der Waals surface area contributed by atoms with Crippen LogP contribution in [0.5, 0.6) is 0 Å². The minimum absolute atomic E-state index is 0.0118. The van der Waals surface area contributed by atoms with Gasteiger partial charge in [-0.25, -0.2) is 0 Å². The quantitative estimate of drug-likeness (QED) is 0.612. The summed E-state index contributed by atoms with van der Waals surface area (Å²) in [6, 6.07) is 13.3. The van der Waals surface area contributed by atoms with Crippen molar-refractivity contribution in [1.29, 1.82) is 0 Å². The maximum absolute atomic E-state index is 13.6. The van der Waals surface area contributed by atoms with Crippen molar-refractivity contribution >= 4 is 23.5 Å². The minimum atomic E-state index is -0.605. The highest BCUT2D eigenvalue weighted by molar-refractivity contribution is 6.30. The van der Waals surface area contributed by atoms with Gasteiger partial charge in [-0.3, -0.25) is 14.6 Å². The summed E-state index contributed by atoms with van der Waals surface area (Å²) in [5.41, 5.74) is 7.50. The molecule has 1 fully saturated rings. The topological polar surface area (TPSA) is 85.5 Å². The molecule has 1 aliphatic rings. The number of likely N-dealkylation sites (tertiary alicyclic amines) is 1. The Labute approximate surface area is 201 Å². The van der Waals surface area contributed by atoms with Crippen molar-refractivity contribution in [2.75, 3.05) is 13.1 Å². The molecule has 0 unspecified atom stereocenters. The van der Waals surface area contributed by atoms with E-state index >= 15 is 0 Å². The third kappa shape index (κ3) is 7.83. The van der Waals surface area contributed by atoms with Gasteiger partial charge in [-0.15, -0.1) is 0 Å². The smallest absolute Gasteiger partial charge is 0.307 e. The highest BCUT2D eigenvalue weighted by atomic mass is 35.5. The second-order valence-electron chi connectivity index (χ2n) is 10.0. The normalized spacial score (nSPS) is 19.7. The number of nitrogens with zero attached hydrogens (tertiary/aromatic N) is 2. The Kier molecular flexibility index (Phi) is 8.14. The molecule has 1 aromatic heterocycles. The van der Waals surface area contributed by atoms with Crippen LogP contribution in [-0.4, -0.2) is 46.0 Å². The van der Waals surface area contributed by atoms with Crippen molar-refractivity contribution in [3.8, 4) is 0 Å². The van der Waals surface area contributed by atoms with Crippen LogP contribution in [0.25, 0.3) is 0 Å². The minimum Gasteiger partial charge on any atom is -0.460 e. The summed E-state index contributed by atoms with van der Waals surface area (Å²) in [5.74, 6) is -1.00. The molecule has 1 aliphatic heterocycles. The monoisotopic (exact) mass is 471 g/mol. The van der Waals surface area contributed by atoms with E-state index in [1.165, 1.54) is 0 Å². The van der Waals surface area contributed by atoms with Crippen LogP contribution in [0, 0.1) is 5.92 Å². The Morgan fingerprint density at radius 3 is 2.58 bits per heavy atom. The Hall–Kier alpha value is -2.44. The van der Waals surface area contributed by atoms with Gasteiger partial charge >= 0.3 is 5.97 Å². The molecule has 0 saturated carbocycles. The number of piperidine rings is 1. The number of amides is 1. The third-order valence-corrected chi connectivity index (χ3v) is 6.01. The van der Waals surface area contributed by atoms with Crippen molar-refractivity contribution in [2.45, 2.75) is 64.0 Å². The summed E-state index contributed by atoms with van der Waals surface area (Å²) in [7, 11) is 0. The van der Waals surface area contributed by atoms with Crippen molar-refractivity contribution in [1.82, 2.24) is 9.88 Å². The van der Waals surface area contributed by atoms with Crippen LogP contribution in [0.2, 0.25) is 5.02 Å². The average Bonchev–Trinajstić information content (AvgIpc) is 2.74. The van der Waals surface area contributed by atoms with Crippen molar-refractivity contribution in [3.05, 3.63) is 64.9 Å². The Morgan fingerprint density at radius 2 is 1.94 bits per heavy atom. The predicted molar refractivity (Wildman–Crippen MR) is 130 cm³/mol. The fourth-order valence-electron chi connectivity index (χ4n) is 4.36. The van der Waals surface area contributed by atoms with E-state index < -0.39 is 17.1 Å². The van der Waals surface area contributed by atoms with E-state index in [0.29, 0.717) is 31.0 Å². The number of carbonyl (C=O) groups excluding carboxylic acids is 2. The van der Waals surface area contributed by atoms with Crippen molar-refractivity contribution in [2.24, 2.45) is 11.7 Å². The highest BCUT2D eigenvalue weighted by Crippen LogP contribution is 2.27. The zero-order valence-electron chi connectivity index (χ0n) is 19.7. The lowest BCUT2D eigenvalue weighted by Crippen LogP contribution is -2.58.